The number of hydrogen-bond acceptors (Lipinski definition) is 8. The summed E-state index contributed by atoms with van der Waals surface area (Å²) in [4.78, 5) is 59.4. The van der Waals surface area contributed by atoms with Gasteiger partial charge in [-0.2, -0.15) is 0 Å². The smallest absolute Gasteiger partial charge is 0.326 e. The van der Waals surface area contributed by atoms with Crippen molar-refractivity contribution in [1.29, 1.82) is 0 Å². The Morgan fingerprint density at radius 2 is 1.36 bits per heavy atom. The maximum absolute atomic E-state index is 12.7. The SMILES string of the molecule is CC(C)CC(N)C(=O)NC(CCCCN)C(=O)NC(CO)C(=O)NC(CCC(=O)O)C(=O)O. The number of hydrogen-bond donors (Lipinski definition) is 8. The highest BCUT2D eigenvalue weighted by atomic mass is 16.4. The summed E-state index contributed by atoms with van der Waals surface area (Å²) in [5.41, 5.74) is 11.3. The van der Waals surface area contributed by atoms with Gasteiger partial charge in [0.1, 0.15) is 18.1 Å². The van der Waals surface area contributed by atoms with Gasteiger partial charge in [0.05, 0.1) is 12.6 Å². The van der Waals surface area contributed by atoms with Crippen molar-refractivity contribution in [3.8, 4) is 0 Å². The van der Waals surface area contributed by atoms with Crippen LogP contribution < -0.4 is 27.4 Å². The average molecular weight is 476 g/mol. The first-order valence-corrected chi connectivity index (χ1v) is 10.8. The Balaban J connectivity index is 5.24. The maximum atomic E-state index is 12.7. The number of aliphatic hydroxyl groups is 1. The van der Waals surface area contributed by atoms with Gasteiger partial charge >= 0.3 is 11.9 Å². The molecular formula is C20H37N5O8. The number of nitrogens with one attached hydrogen (secondary N) is 3. The number of carboxylic acid groups (broad SMARTS) is 2. The molecule has 4 unspecified atom stereocenters. The van der Waals surface area contributed by atoms with Crippen LogP contribution in [0.4, 0.5) is 0 Å². The van der Waals surface area contributed by atoms with E-state index in [1.165, 1.54) is 0 Å². The molecule has 10 N–H and O–H groups in total. The zero-order valence-corrected chi connectivity index (χ0v) is 19.1. The van der Waals surface area contributed by atoms with Crippen molar-refractivity contribution in [2.75, 3.05) is 13.2 Å². The predicted octanol–water partition coefficient (Wildman–Crippen LogP) is -2.12. The zero-order valence-electron chi connectivity index (χ0n) is 19.1. The van der Waals surface area contributed by atoms with E-state index in [1.54, 1.807) is 0 Å². The standard InChI is InChI=1S/C20H37N5O8/c1-11(2)9-12(22)17(29)23-13(5-3-4-8-21)18(30)25-15(10-26)19(31)24-14(20(32)33)6-7-16(27)28/h11-15,26H,3-10,21-22H2,1-2H3,(H,23,29)(H,24,31)(H,25,30)(H,27,28)(H,32,33). The summed E-state index contributed by atoms with van der Waals surface area (Å²) in [6.07, 6.45) is 0.816. The normalized spacial score (nSPS) is 14.6. The lowest BCUT2D eigenvalue weighted by Gasteiger charge is -2.24. The molecule has 13 nitrogen and oxygen atoms in total. The van der Waals surface area contributed by atoms with E-state index in [4.69, 9.17) is 21.7 Å². The molecule has 0 saturated heterocycles. The van der Waals surface area contributed by atoms with E-state index in [2.05, 4.69) is 16.0 Å². The van der Waals surface area contributed by atoms with Gasteiger partial charge in [-0.25, -0.2) is 4.79 Å². The number of aliphatic carboxylic acids is 2. The highest BCUT2D eigenvalue weighted by Gasteiger charge is 2.30. The fourth-order valence-corrected chi connectivity index (χ4v) is 2.92. The molecule has 0 fully saturated rings. The molecule has 0 aromatic heterocycles. The molecule has 0 aliphatic heterocycles. The third-order valence-electron chi connectivity index (χ3n) is 4.72. The summed E-state index contributed by atoms with van der Waals surface area (Å²) in [7, 11) is 0. The van der Waals surface area contributed by atoms with Gasteiger partial charge in [-0.15, -0.1) is 0 Å². The lowest BCUT2D eigenvalue weighted by Crippen LogP contribution is -2.58. The van der Waals surface area contributed by atoms with Crippen molar-refractivity contribution in [1.82, 2.24) is 16.0 Å². The molecule has 0 aromatic carbocycles. The Morgan fingerprint density at radius 3 is 1.85 bits per heavy atom. The molecule has 0 radical (unpaired) electrons. The van der Waals surface area contributed by atoms with Crippen LogP contribution in [0.15, 0.2) is 0 Å². The van der Waals surface area contributed by atoms with E-state index in [-0.39, 0.29) is 18.8 Å². The Kier molecular flexibility index (Phi) is 14.6. The molecule has 0 heterocycles. The van der Waals surface area contributed by atoms with E-state index < -0.39 is 66.9 Å². The van der Waals surface area contributed by atoms with Crippen molar-refractivity contribution in [3.63, 3.8) is 0 Å². The van der Waals surface area contributed by atoms with Gasteiger partial charge in [0.2, 0.25) is 17.7 Å². The van der Waals surface area contributed by atoms with Gasteiger partial charge in [0, 0.05) is 6.42 Å². The van der Waals surface area contributed by atoms with Gasteiger partial charge in [-0.05, 0) is 44.6 Å². The molecular weight excluding hydrogens is 438 g/mol. The van der Waals surface area contributed by atoms with Gasteiger partial charge in [-0.1, -0.05) is 13.8 Å². The fourth-order valence-electron chi connectivity index (χ4n) is 2.92. The molecule has 3 amide bonds. The number of rotatable bonds is 17. The zero-order chi connectivity index (χ0) is 25.6. The topological polar surface area (TPSA) is 234 Å². The van der Waals surface area contributed by atoms with Crippen molar-refractivity contribution in [3.05, 3.63) is 0 Å². The number of aliphatic hydroxyl groups excluding tert-OH is 1. The van der Waals surface area contributed by atoms with Gasteiger partial charge in [0.15, 0.2) is 0 Å². The number of carboxylic acids is 2. The van der Waals surface area contributed by atoms with Crippen LogP contribution in [0.5, 0.6) is 0 Å². The third-order valence-corrected chi connectivity index (χ3v) is 4.72. The first-order valence-electron chi connectivity index (χ1n) is 10.8. The molecule has 190 valence electrons. The Labute approximate surface area is 192 Å². The summed E-state index contributed by atoms with van der Waals surface area (Å²) < 4.78 is 0. The Morgan fingerprint density at radius 1 is 0.818 bits per heavy atom. The van der Waals surface area contributed by atoms with Crippen molar-refractivity contribution >= 4 is 29.7 Å². The number of nitrogens with two attached hydrogens (primary N) is 2. The van der Waals surface area contributed by atoms with Crippen LogP contribution >= 0.6 is 0 Å². The van der Waals surface area contributed by atoms with Gasteiger partial charge in [-0.3, -0.25) is 19.2 Å². The lowest BCUT2D eigenvalue weighted by molar-refractivity contribution is -0.143. The van der Waals surface area contributed by atoms with E-state index in [0.717, 1.165) is 0 Å². The van der Waals surface area contributed by atoms with Crippen LogP contribution in [0.3, 0.4) is 0 Å². The van der Waals surface area contributed by atoms with Crippen molar-refractivity contribution < 1.29 is 39.3 Å². The van der Waals surface area contributed by atoms with Gasteiger partial charge < -0.3 is 42.7 Å². The van der Waals surface area contributed by atoms with Crippen LogP contribution in [0.2, 0.25) is 0 Å². The molecule has 13 heteroatoms. The molecule has 0 aliphatic rings. The van der Waals surface area contributed by atoms with E-state index in [1.807, 2.05) is 13.8 Å². The highest BCUT2D eigenvalue weighted by Crippen LogP contribution is 2.06. The number of carbonyl (C=O) groups excluding carboxylic acids is 3. The Bertz CT molecular complexity index is 673. The van der Waals surface area contributed by atoms with Crippen molar-refractivity contribution in [2.24, 2.45) is 17.4 Å². The molecule has 33 heavy (non-hydrogen) atoms. The van der Waals surface area contributed by atoms with Crippen LogP contribution in [-0.2, 0) is 24.0 Å². The largest absolute Gasteiger partial charge is 0.481 e. The molecule has 0 aromatic rings. The number of unbranched alkanes of at least 4 members (excludes halogenated alkanes) is 1. The summed E-state index contributed by atoms with van der Waals surface area (Å²) in [6, 6.07) is -4.92. The average Bonchev–Trinajstić information content (AvgIpc) is 2.72. The summed E-state index contributed by atoms with van der Waals surface area (Å²) in [5.74, 6) is -4.86. The first kappa shape index (κ1) is 30.2. The molecule has 0 bridgehead atoms. The summed E-state index contributed by atoms with van der Waals surface area (Å²) in [6.45, 7) is 3.32. The van der Waals surface area contributed by atoms with Crippen LogP contribution in [-0.4, -0.2) is 82.3 Å². The van der Waals surface area contributed by atoms with E-state index in [0.29, 0.717) is 25.8 Å². The second-order valence-electron chi connectivity index (χ2n) is 8.16. The summed E-state index contributed by atoms with van der Waals surface area (Å²) in [5, 5.41) is 34.4. The lowest BCUT2D eigenvalue weighted by atomic mass is 10.0. The monoisotopic (exact) mass is 475 g/mol. The third kappa shape index (κ3) is 12.7. The molecule has 0 rings (SSSR count). The maximum Gasteiger partial charge on any atom is 0.326 e. The molecule has 0 spiro atoms. The second kappa shape index (κ2) is 15.9. The highest BCUT2D eigenvalue weighted by molar-refractivity contribution is 5.94. The van der Waals surface area contributed by atoms with Crippen molar-refractivity contribution in [2.45, 2.75) is 76.5 Å². The van der Waals surface area contributed by atoms with Crippen LogP contribution in [0.1, 0.15) is 52.4 Å². The fraction of sp³-hybridized carbons (Fsp3) is 0.750. The minimum absolute atomic E-state index is 0.154. The molecule has 0 aliphatic carbocycles. The van der Waals surface area contributed by atoms with E-state index in [9.17, 15) is 29.1 Å². The number of amides is 3. The minimum Gasteiger partial charge on any atom is -0.481 e. The predicted molar refractivity (Wildman–Crippen MR) is 118 cm³/mol. The minimum atomic E-state index is -1.52. The quantitative estimate of drug-likeness (QED) is 0.106. The van der Waals surface area contributed by atoms with Crippen LogP contribution in [0.25, 0.3) is 0 Å². The van der Waals surface area contributed by atoms with Gasteiger partial charge in [0.25, 0.3) is 0 Å². The molecule has 4 atom stereocenters. The number of carbonyl (C=O) groups is 5. The second-order valence-corrected chi connectivity index (χ2v) is 8.16. The molecule has 0 saturated carbocycles. The van der Waals surface area contributed by atoms with E-state index >= 15 is 0 Å². The van der Waals surface area contributed by atoms with Crippen LogP contribution in [0, 0.1) is 5.92 Å². The first-order chi connectivity index (χ1) is 15.4. The summed E-state index contributed by atoms with van der Waals surface area (Å²) >= 11 is 0. The Hall–Kier alpha value is -2.77.